The van der Waals surface area contributed by atoms with Gasteiger partial charge in [-0.1, -0.05) is 48.5 Å². The van der Waals surface area contributed by atoms with Gasteiger partial charge in [-0.3, -0.25) is 0 Å². The van der Waals surface area contributed by atoms with Crippen LogP contribution in [0, 0.1) is 5.92 Å². The third-order valence-electron chi connectivity index (χ3n) is 5.48. The summed E-state index contributed by atoms with van der Waals surface area (Å²) in [5.74, 6) is 0.802. The van der Waals surface area contributed by atoms with Gasteiger partial charge in [0, 0.05) is 18.3 Å². The summed E-state index contributed by atoms with van der Waals surface area (Å²) in [6.45, 7) is 3.71. The highest BCUT2D eigenvalue weighted by molar-refractivity contribution is 5.51. The second kappa shape index (κ2) is 6.34. The van der Waals surface area contributed by atoms with Crippen LogP contribution < -0.4 is 11.1 Å². The van der Waals surface area contributed by atoms with Gasteiger partial charge >= 0.3 is 0 Å². The van der Waals surface area contributed by atoms with Gasteiger partial charge in [-0.05, 0) is 49.0 Å². The number of nitrogens with zero attached hydrogens (tertiary/aromatic N) is 1. The van der Waals surface area contributed by atoms with Crippen molar-refractivity contribution in [1.82, 2.24) is 10.2 Å². The zero-order valence-electron chi connectivity index (χ0n) is 13.5. The fourth-order valence-corrected chi connectivity index (χ4v) is 4.15. The second-order valence-electron chi connectivity index (χ2n) is 6.88. The fraction of sp³-hybridized carbons (Fsp3) is 0.400. The molecule has 3 saturated heterocycles. The Labute approximate surface area is 138 Å². The van der Waals surface area contributed by atoms with E-state index in [1.165, 1.54) is 43.6 Å². The number of piperidine rings is 3. The van der Waals surface area contributed by atoms with Gasteiger partial charge in [0.1, 0.15) is 0 Å². The first-order valence-corrected chi connectivity index (χ1v) is 8.69. The fourth-order valence-electron chi connectivity index (χ4n) is 4.15. The van der Waals surface area contributed by atoms with E-state index in [1.807, 2.05) is 12.1 Å². The number of para-hydroxylation sites is 1. The van der Waals surface area contributed by atoms with Gasteiger partial charge in [-0.25, -0.2) is 0 Å². The minimum atomic E-state index is 0.169. The molecule has 5 rings (SSSR count). The topological polar surface area (TPSA) is 41.3 Å². The molecule has 3 aliphatic rings. The molecule has 0 amide bonds. The number of hydrogen-bond acceptors (Lipinski definition) is 3. The van der Waals surface area contributed by atoms with Gasteiger partial charge in [0.2, 0.25) is 0 Å². The lowest BCUT2D eigenvalue weighted by Crippen LogP contribution is -2.56. The van der Waals surface area contributed by atoms with Crippen LogP contribution in [0.3, 0.4) is 0 Å². The van der Waals surface area contributed by atoms with Crippen molar-refractivity contribution in [3.63, 3.8) is 0 Å². The Balaban J connectivity index is 1.65. The number of benzene rings is 2. The van der Waals surface area contributed by atoms with E-state index in [0.717, 1.165) is 11.6 Å². The van der Waals surface area contributed by atoms with Crippen LogP contribution in [0.5, 0.6) is 0 Å². The highest BCUT2D eigenvalue weighted by atomic mass is 15.2. The summed E-state index contributed by atoms with van der Waals surface area (Å²) in [5, 5.41) is 3.94. The zero-order chi connectivity index (χ0) is 15.6. The molecule has 23 heavy (non-hydrogen) atoms. The molecule has 3 heterocycles. The van der Waals surface area contributed by atoms with E-state index < -0.39 is 0 Å². The molecule has 3 nitrogen and oxygen atoms in total. The van der Waals surface area contributed by atoms with Crippen molar-refractivity contribution in [3.05, 3.63) is 65.7 Å². The molecule has 2 aromatic carbocycles. The highest BCUT2D eigenvalue weighted by Crippen LogP contribution is 2.32. The first-order valence-electron chi connectivity index (χ1n) is 8.69. The molecule has 0 aliphatic carbocycles. The molecule has 2 bridgehead atoms. The average Bonchev–Trinajstić information content (AvgIpc) is 2.62. The molecule has 0 radical (unpaired) electrons. The van der Waals surface area contributed by atoms with E-state index in [4.69, 9.17) is 5.73 Å². The number of fused-ring (bicyclic) bond motifs is 3. The summed E-state index contributed by atoms with van der Waals surface area (Å²) < 4.78 is 0. The monoisotopic (exact) mass is 307 g/mol. The van der Waals surface area contributed by atoms with Gasteiger partial charge in [0.25, 0.3) is 0 Å². The number of anilines is 1. The first-order chi connectivity index (χ1) is 11.3. The van der Waals surface area contributed by atoms with Crippen LogP contribution in [0.1, 0.15) is 30.0 Å². The van der Waals surface area contributed by atoms with Crippen LogP contribution >= 0.6 is 0 Å². The predicted molar refractivity (Wildman–Crippen MR) is 95.2 cm³/mol. The summed E-state index contributed by atoms with van der Waals surface area (Å²) in [6.07, 6.45) is 2.65. The molecule has 0 aromatic heterocycles. The molecule has 2 atom stereocenters. The maximum absolute atomic E-state index is 6.29. The van der Waals surface area contributed by atoms with E-state index in [-0.39, 0.29) is 6.04 Å². The molecular weight excluding hydrogens is 282 g/mol. The maximum atomic E-state index is 6.29. The van der Waals surface area contributed by atoms with E-state index in [2.05, 4.69) is 52.7 Å². The van der Waals surface area contributed by atoms with Crippen LogP contribution in [-0.4, -0.2) is 30.6 Å². The summed E-state index contributed by atoms with van der Waals surface area (Å²) >= 11 is 0. The van der Waals surface area contributed by atoms with Gasteiger partial charge in [0.05, 0.1) is 6.04 Å². The molecule has 120 valence electrons. The number of nitrogen functional groups attached to an aromatic ring is 1. The molecule has 2 unspecified atom stereocenters. The van der Waals surface area contributed by atoms with E-state index in [9.17, 15) is 0 Å². The molecule has 3 N–H and O–H groups in total. The number of nitrogens with two attached hydrogens (primary N) is 1. The van der Waals surface area contributed by atoms with Crippen LogP contribution in [-0.2, 0) is 0 Å². The normalized spacial score (nSPS) is 27.7. The molecule has 0 saturated carbocycles. The van der Waals surface area contributed by atoms with Crippen molar-refractivity contribution in [1.29, 1.82) is 0 Å². The molecule has 2 aromatic rings. The lowest BCUT2D eigenvalue weighted by Gasteiger charge is -2.46. The SMILES string of the molecule is Nc1ccccc1C(NC1CN2CCC1CC2)c1ccccc1. The lowest BCUT2D eigenvalue weighted by molar-refractivity contribution is 0.0692. The van der Waals surface area contributed by atoms with E-state index in [1.54, 1.807) is 0 Å². The standard InChI is InChI=1S/C20H25N3/c21-18-9-5-4-8-17(18)20(16-6-2-1-3-7-16)22-19-14-23-12-10-15(19)11-13-23/h1-9,15,19-20,22H,10-14,21H2. The van der Waals surface area contributed by atoms with Crippen molar-refractivity contribution >= 4 is 5.69 Å². The summed E-state index contributed by atoms with van der Waals surface area (Å²) in [7, 11) is 0. The third kappa shape index (κ3) is 2.99. The number of rotatable bonds is 4. The van der Waals surface area contributed by atoms with E-state index in [0.29, 0.717) is 6.04 Å². The predicted octanol–water partition coefficient (Wildman–Crippen LogP) is 3.04. The average molecular weight is 307 g/mol. The molecule has 3 fully saturated rings. The Hall–Kier alpha value is -1.84. The van der Waals surface area contributed by atoms with Crippen molar-refractivity contribution in [3.8, 4) is 0 Å². The third-order valence-corrected chi connectivity index (χ3v) is 5.48. The summed E-state index contributed by atoms with van der Waals surface area (Å²) in [5.41, 5.74) is 9.64. The maximum Gasteiger partial charge on any atom is 0.0599 e. The van der Waals surface area contributed by atoms with Crippen LogP contribution in [0.2, 0.25) is 0 Å². The van der Waals surface area contributed by atoms with E-state index >= 15 is 0 Å². The van der Waals surface area contributed by atoms with Crippen LogP contribution in [0.15, 0.2) is 54.6 Å². The smallest absolute Gasteiger partial charge is 0.0599 e. The van der Waals surface area contributed by atoms with Gasteiger partial charge in [0.15, 0.2) is 0 Å². The van der Waals surface area contributed by atoms with Crippen molar-refractivity contribution < 1.29 is 0 Å². The Morgan fingerprint density at radius 1 is 0.957 bits per heavy atom. The van der Waals surface area contributed by atoms with Crippen molar-refractivity contribution in [2.24, 2.45) is 5.92 Å². The molecule has 3 heteroatoms. The Bertz CT molecular complexity index is 647. The second-order valence-corrected chi connectivity index (χ2v) is 6.88. The number of nitrogens with one attached hydrogen (secondary N) is 1. The largest absolute Gasteiger partial charge is 0.398 e. The van der Waals surface area contributed by atoms with Gasteiger partial charge in [-0.15, -0.1) is 0 Å². The van der Waals surface area contributed by atoms with Gasteiger partial charge in [-0.2, -0.15) is 0 Å². The lowest BCUT2D eigenvalue weighted by atomic mass is 9.83. The minimum Gasteiger partial charge on any atom is -0.398 e. The van der Waals surface area contributed by atoms with Crippen LogP contribution in [0.25, 0.3) is 0 Å². The molecular formula is C20H25N3. The Morgan fingerprint density at radius 3 is 2.30 bits per heavy atom. The number of hydrogen-bond donors (Lipinski definition) is 2. The van der Waals surface area contributed by atoms with Crippen molar-refractivity contribution in [2.45, 2.75) is 24.9 Å². The molecule has 0 spiro atoms. The summed E-state index contributed by atoms with van der Waals surface area (Å²) in [6, 6.07) is 19.7. The van der Waals surface area contributed by atoms with Crippen LogP contribution in [0.4, 0.5) is 5.69 Å². The zero-order valence-corrected chi connectivity index (χ0v) is 13.5. The Morgan fingerprint density at radius 2 is 1.65 bits per heavy atom. The van der Waals surface area contributed by atoms with Gasteiger partial charge < -0.3 is 16.0 Å². The highest BCUT2D eigenvalue weighted by Gasteiger charge is 2.35. The Kier molecular flexibility index (Phi) is 4.06. The molecule has 3 aliphatic heterocycles. The first kappa shape index (κ1) is 14.7. The summed E-state index contributed by atoms with van der Waals surface area (Å²) in [4.78, 5) is 2.59. The quantitative estimate of drug-likeness (QED) is 0.853. The van der Waals surface area contributed by atoms with Crippen molar-refractivity contribution in [2.75, 3.05) is 25.4 Å². The minimum absolute atomic E-state index is 0.169.